The number of carbonyl (C=O) groups is 2. The quantitative estimate of drug-likeness (QED) is 0.674. The van der Waals surface area contributed by atoms with E-state index < -0.39 is 23.5 Å². The zero-order valence-electron chi connectivity index (χ0n) is 13.1. The van der Waals surface area contributed by atoms with E-state index in [1.165, 1.54) is 18.9 Å². The third-order valence-corrected chi connectivity index (χ3v) is 4.16. The summed E-state index contributed by atoms with van der Waals surface area (Å²) in [6.45, 7) is 3.99. The highest BCUT2D eigenvalue weighted by molar-refractivity contribution is 6.13. The molecule has 0 aliphatic carbocycles. The zero-order chi connectivity index (χ0) is 16.6. The minimum atomic E-state index is -1.95. The maximum Gasteiger partial charge on any atom is 0.334 e. The molecule has 1 fully saturated rings. The molecule has 0 spiro atoms. The van der Waals surface area contributed by atoms with Crippen LogP contribution in [0.15, 0.2) is 29.0 Å². The normalized spacial score (nSPS) is 30.6. The number of nitrogens with zero attached hydrogens (tertiary/aromatic N) is 3. The van der Waals surface area contributed by atoms with Gasteiger partial charge in [0.15, 0.2) is 11.6 Å². The molecule has 8 nitrogen and oxygen atoms in total. The molecule has 0 saturated carbocycles. The lowest BCUT2D eigenvalue weighted by molar-refractivity contribution is -0.159. The van der Waals surface area contributed by atoms with Gasteiger partial charge in [-0.15, -0.1) is 0 Å². The van der Waals surface area contributed by atoms with Crippen molar-refractivity contribution >= 4 is 17.7 Å². The van der Waals surface area contributed by atoms with Crippen LogP contribution in [-0.2, 0) is 19.1 Å². The van der Waals surface area contributed by atoms with E-state index in [0.717, 1.165) is 18.8 Å². The fraction of sp³-hybridized carbons (Fsp3) is 0.533. The van der Waals surface area contributed by atoms with Crippen LogP contribution in [0.1, 0.15) is 6.92 Å². The number of amidine groups is 1. The topological polar surface area (TPSA) is 91.7 Å². The van der Waals surface area contributed by atoms with E-state index >= 15 is 0 Å². The molecule has 1 N–H and O–H groups in total. The first-order valence-corrected chi connectivity index (χ1v) is 7.39. The fourth-order valence-corrected chi connectivity index (χ4v) is 2.77. The van der Waals surface area contributed by atoms with Gasteiger partial charge in [0.25, 0.3) is 5.91 Å². The molecule has 3 aliphatic heterocycles. The van der Waals surface area contributed by atoms with Crippen LogP contribution in [0.25, 0.3) is 0 Å². The summed E-state index contributed by atoms with van der Waals surface area (Å²) < 4.78 is 9.95. The van der Waals surface area contributed by atoms with Gasteiger partial charge in [0, 0.05) is 19.3 Å². The second-order valence-corrected chi connectivity index (χ2v) is 5.72. The Morgan fingerprint density at radius 2 is 2.13 bits per heavy atom. The molecule has 1 saturated heterocycles. The van der Waals surface area contributed by atoms with Crippen LogP contribution in [0.2, 0.25) is 0 Å². The summed E-state index contributed by atoms with van der Waals surface area (Å²) in [4.78, 5) is 31.9. The van der Waals surface area contributed by atoms with E-state index in [4.69, 9.17) is 4.74 Å². The first kappa shape index (κ1) is 15.7. The molecular weight excluding hydrogens is 302 g/mol. The van der Waals surface area contributed by atoms with Crippen LogP contribution >= 0.6 is 0 Å². The molecule has 0 radical (unpaired) electrons. The number of fused-ring (bicyclic) bond motifs is 1. The summed E-state index contributed by atoms with van der Waals surface area (Å²) >= 11 is 0. The molecule has 3 heterocycles. The van der Waals surface area contributed by atoms with Crippen molar-refractivity contribution in [3.05, 3.63) is 24.0 Å². The lowest BCUT2D eigenvalue weighted by atomic mass is 9.92. The summed E-state index contributed by atoms with van der Waals surface area (Å²) in [6, 6.07) is -1.27. The maximum absolute atomic E-state index is 12.6. The molecule has 2 atom stereocenters. The van der Waals surface area contributed by atoms with Crippen LogP contribution in [0.4, 0.5) is 0 Å². The predicted molar refractivity (Wildman–Crippen MR) is 80.3 cm³/mol. The monoisotopic (exact) mass is 321 g/mol. The zero-order valence-corrected chi connectivity index (χ0v) is 13.1. The number of allylic oxidation sites excluding steroid dienone is 1. The minimum Gasteiger partial charge on any atom is -0.467 e. The number of morpholine rings is 1. The Morgan fingerprint density at radius 1 is 1.43 bits per heavy atom. The molecule has 0 aromatic heterocycles. The van der Waals surface area contributed by atoms with E-state index in [0.29, 0.717) is 19.0 Å². The molecular formula is C15H19N3O5. The Kier molecular flexibility index (Phi) is 3.95. The lowest BCUT2D eigenvalue weighted by Gasteiger charge is -2.39. The first-order valence-electron chi connectivity index (χ1n) is 7.39. The van der Waals surface area contributed by atoms with Crippen molar-refractivity contribution in [2.75, 3.05) is 33.4 Å². The standard InChI is InChI=1S/C15H19N3O5/c1-15(21)12(13(19)22-2)16-11-4-3-10(9-18(11)14(15)20)17-5-7-23-8-6-17/h3-4,9,12,21H,5-8H2,1-2H3. The van der Waals surface area contributed by atoms with Crippen LogP contribution in [0.5, 0.6) is 0 Å². The van der Waals surface area contributed by atoms with Gasteiger partial charge >= 0.3 is 5.97 Å². The molecule has 0 aromatic carbocycles. The fourth-order valence-electron chi connectivity index (χ4n) is 2.77. The highest BCUT2D eigenvalue weighted by Crippen LogP contribution is 2.28. The number of carbonyl (C=O) groups excluding carboxylic acids is 2. The van der Waals surface area contributed by atoms with Gasteiger partial charge in [-0.25, -0.2) is 9.79 Å². The highest BCUT2D eigenvalue weighted by atomic mass is 16.5. The SMILES string of the molecule is COC(=O)C1N=C2C=CC(N3CCOCC3)=CN2C(=O)C1(C)O. The number of hydrogen-bond acceptors (Lipinski definition) is 7. The predicted octanol–water partition coefficient (Wildman–Crippen LogP) is -0.737. The van der Waals surface area contributed by atoms with E-state index in [1.807, 2.05) is 6.08 Å². The Balaban J connectivity index is 1.92. The van der Waals surface area contributed by atoms with Crippen molar-refractivity contribution in [2.45, 2.75) is 18.6 Å². The van der Waals surface area contributed by atoms with Crippen molar-refractivity contribution in [3.63, 3.8) is 0 Å². The van der Waals surface area contributed by atoms with Crippen molar-refractivity contribution < 1.29 is 24.2 Å². The van der Waals surface area contributed by atoms with E-state index in [2.05, 4.69) is 14.6 Å². The number of hydrogen-bond donors (Lipinski definition) is 1. The van der Waals surface area contributed by atoms with Crippen LogP contribution < -0.4 is 0 Å². The average Bonchev–Trinajstić information content (AvgIpc) is 2.58. The number of aliphatic hydroxyl groups is 1. The van der Waals surface area contributed by atoms with Crippen molar-refractivity contribution in [1.82, 2.24) is 9.80 Å². The number of esters is 1. The summed E-state index contributed by atoms with van der Waals surface area (Å²) in [7, 11) is 1.20. The van der Waals surface area contributed by atoms with Crippen LogP contribution in [-0.4, -0.2) is 77.7 Å². The molecule has 8 heteroatoms. The van der Waals surface area contributed by atoms with Crippen LogP contribution in [0.3, 0.4) is 0 Å². The van der Waals surface area contributed by atoms with Gasteiger partial charge in [0.1, 0.15) is 5.84 Å². The van der Waals surface area contributed by atoms with E-state index in [-0.39, 0.29) is 0 Å². The molecule has 0 bridgehead atoms. The third-order valence-electron chi connectivity index (χ3n) is 4.16. The Bertz CT molecular complexity index is 617. The first-order chi connectivity index (χ1) is 10.9. The summed E-state index contributed by atoms with van der Waals surface area (Å²) in [5, 5.41) is 10.5. The number of methoxy groups -OCH3 is 1. The molecule has 0 aromatic rings. The number of ether oxygens (including phenoxy) is 2. The number of amides is 1. The van der Waals surface area contributed by atoms with Gasteiger partial charge < -0.3 is 19.5 Å². The largest absolute Gasteiger partial charge is 0.467 e. The Labute approximate surface area is 133 Å². The molecule has 2 unspecified atom stereocenters. The van der Waals surface area contributed by atoms with Gasteiger partial charge in [-0.05, 0) is 19.1 Å². The van der Waals surface area contributed by atoms with Gasteiger partial charge in [0.05, 0.1) is 26.0 Å². The second kappa shape index (κ2) is 5.78. The van der Waals surface area contributed by atoms with Crippen molar-refractivity contribution in [3.8, 4) is 0 Å². The van der Waals surface area contributed by atoms with Gasteiger partial charge in [-0.2, -0.15) is 0 Å². The average molecular weight is 321 g/mol. The van der Waals surface area contributed by atoms with Crippen molar-refractivity contribution in [2.24, 2.45) is 4.99 Å². The van der Waals surface area contributed by atoms with E-state index in [9.17, 15) is 14.7 Å². The molecule has 3 rings (SSSR count). The summed E-state index contributed by atoms with van der Waals surface area (Å²) in [6.07, 6.45) is 5.13. The molecule has 124 valence electrons. The molecule has 23 heavy (non-hydrogen) atoms. The van der Waals surface area contributed by atoms with Crippen molar-refractivity contribution in [1.29, 1.82) is 0 Å². The smallest absolute Gasteiger partial charge is 0.334 e. The number of aliphatic imine (C=N–C) groups is 1. The highest BCUT2D eigenvalue weighted by Gasteiger charge is 2.51. The molecule has 1 amide bonds. The number of rotatable bonds is 2. The molecule has 3 aliphatic rings. The van der Waals surface area contributed by atoms with Gasteiger partial charge in [-0.3, -0.25) is 9.69 Å². The van der Waals surface area contributed by atoms with Gasteiger partial charge in [0.2, 0.25) is 0 Å². The summed E-state index contributed by atoms with van der Waals surface area (Å²) in [5.41, 5.74) is -1.11. The summed E-state index contributed by atoms with van der Waals surface area (Å²) in [5.74, 6) is -1.03. The maximum atomic E-state index is 12.6. The Hall–Kier alpha value is -2.19. The third kappa shape index (κ3) is 2.64. The lowest BCUT2D eigenvalue weighted by Crippen LogP contribution is -2.60. The van der Waals surface area contributed by atoms with Crippen LogP contribution in [0, 0.1) is 0 Å². The van der Waals surface area contributed by atoms with E-state index in [1.54, 1.807) is 12.3 Å². The Morgan fingerprint density at radius 3 is 2.78 bits per heavy atom. The van der Waals surface area contributed by atoms with Gasteiger partial charge in [-0.1, -0.05) is 0 Å². The minimum absolute atomic E-state index is 0.314. The second-order valence-electron chi connectivity index (χ2n) is 5.72.